The SMILES string of the molecule is COC(CN(/C=C(\Cl)c1ccccc1)C(=O)c1ccccc1)OC. The molecule has 4 nitrogen and oxygen atoms in total. The van der Waals surface area contributed by atoms with Crippen LogP contribution in [-0.4, -0.2) is 37.9 Å². The Kier molecular flexibility index (Phi) is 7.00. The molecule has 2 rings (SSSR count). The Morgan fingerprint density at radius 2 is 1.50 bits per heavy atom. The summed E-state index contributed by atoms with van der Waals surface area (Å²) < 4.78 is 10.4. The monoisotopic (exact) mass is 345 g/mol. The molecule has 0 saturated heterocycles. The van der Waals surface area contributed by atoms with Crippen LogP contribution in [0.5, 0.6) is 0 Å². The van der Waals surface area contributed by atoms with Crippen LogP contribution in [0.25, 0.3) is 5.03 Å². The van der Waals surface area contributed by atoms with Gasteiger partial charge in [0.15, 0.2) is 6.29 Å². The molecule has 0 fully saturated rings. The van der Waals surface area contributed by atoms with Crippen LogP contribution < -0.4 is 0 Å². The Morgan fingerprint density at radius 3 is 2.00 bits per heavy atom. The first-order valence-corrected chi connectivity index (χ1v) is 7.88. The lowest BCUT2D eigenvalue weighted by molar-refractivity contribution is -0.108. The molecule has 2 aromatic carbocycles. The Morgan fingerprint density at radius 1 is 1.00 bits per heavy atom. The fourth-order valence-corrected chi connectivity index (χ4v) is 2.40. The van der Waals surface area contributed by atoms with Crippen LogP contribution in [0, 0.1) is 0 Å². The highest BCUT2D eigenvalue weighted by atomic mass is 35.5. The van der Waals surface area contributed by atoms with Gasteiger partial charge >= 0.3 is 0 Å². The average Bonchev–Trinajstić information content (AvgIpc) is 2.65. The minimum Gasteiger partial charge on any atom is -0.354 e. The van der Waals surface area contributed by atoms with Crippen molar-refractivity contribution in [3.05, 3.63) is 78.0 Å². The predicted octanol–water partition coefficient (Wildman–Crippen LogP) is 3.99. The van der Waals surface area contributed by atoms with E-state index in [1.165, 1.54) is 19.1 Å². The van der Waals surface area contributed by atoms with Crippen molar-refractivity contribution in [2.24, 2.45) is 0 Å². The minimum atomic E-state index is -0.547. The predicted molar refractivity (Wildman–Crippen MR) is 95.6 cm³/mol. The Balaban J connectivity index is 2.30. The lowest BCUT2D eigenvalue weighted by Gasteiger charge is -2.23. The van der Waals surface area contributed by atoms with Gasteiger partial charge in [0.2, 0.25) is 0 Å². The van der Waals surface area contributed by atoms with Crippen LogP contribution in [-0.2, 0) is 9.47 Å². The molecule has 0 aromatic heterocycles. The highest BCUT2D eigenvalue weighted by molar-refractivity contribution is 6.48. The van der Waals surface area contributed by atoms with Crippen molar-refractivity contribution in [2.45, 2.75) is 6.29 Å². The summed E-state index contributed by atoms with van der Waals surface area (Å²) in [6, 6.07) is 18.5. The van der Waals surface area contributed by atoms with Crippen LogP contribution in [0.1, 0.15) is 15.9 Å². The van der Waals surface area contributed by atoms with E-state index in [1.807, 2.05) is 48.5 Å². The van der Waals surface area contributed by atoms with Gasteiger partial charge in [-0.15, -0.1) is 0 Å². The molecule has 0 unspecified atom stereocenters. The molecule has 24 heavy (non-hydrogen) atoms. The number of nitrogens with zero attached hydrogens (tertiary/aromatic N) is 1. The lowest BCUT2D eigenvalue weighted by Crippen LogP contribution is -2.35. The minimum absolute atomic E-state index is 0.177. The molecule has 0 N–H and O–H groups in total. The Labute approximate surface area is 147 Å². The van der Waals surface area contributed by atoms with Crippen molar-refractivity contribution in [1.82, 2.24) is 4.90 Å². The number of rotatable bonds is 7. The quantitative estimate of drug-likeness (QED) is 0.712. The van der Waals surface area contributed by atoms with E-state index in [-0.39, 0.29) is 12.5 Å². The second-order valence-corrected chi connectivity index (χ2v) is 5.47. The van der Waals surface area contributed by atoms with Crippen molar-refractivity contribution >= 4 is 22.5 Å². The van der Waals surface area contributed by atoms with Crippen LogP contribution in [0.2, 0.25) is 0 Å². The van der Waals surface area contributed by atoms with E-state index in [0.29, 0.717) is 10.6 Å². The topological polar surface area (TPSA) is 38.8 Å². The van der Waals surface area contributed by atoms with E-state index >= 15 is 0 Å². The second-order valence-electron chi connectivity index (χ2n) is 5.07. The molecule has 5 heteroatoms. The maximum Gasteiger partial charge on any atom is 0.258 e. The van der Waals surface area contributed by atoms with Crippen LogP contribution in [0.15, 0.2) is 66.9 Å². The largest absolute Gasteiger partial charge is 0.354 e. The van der Waals surface area contributed by atoms with Gasteiger partial charge in [0.05, 0.1) is 11.6 Å². The van der Waals surface area contributed by atoms with Gasteiger partial charge in [-0.25, -0.2) is 0 Å². The summed E-state index contributed by atoms with van der Waals surface area (Å²) in [6.45, 7) is 0.226. The van der Waals surface area contributed by atoms with Gasteiger partial charge in [-0.3, -0.25) is 4.79 Å². The zero-order valence-corrected chi connectivity index (χ0v) is 14.4. The lowest BCUT2D eigenvalue weighted by atomic mass is 10.2. The van der Waals surface area contributed by atoms with Gasteiger partial charge in [0, 0.05) is 26.0 Å². The van der Waals surface area contributed by atoms with Crippen LogP contribution >= 0.6 is 11.6 Å². The van der Waals surface area contributed by atoms with E-state index < -0.39 is 6.29 Å². The summed E-state index contributed by atoms with van der Waals surface area (Å²) in [5, 5.41) is 0.464. The molecule has 0 aliphatic rings. The van der Waals surface area contributed by atoms with E-state index in [1.54, 1.807) is 18.3 Å². The van der Waals surface area contributed by atoms with Gasteiger partial charge in [-0.2, -0.15) is 0 Å². The number of carbonyl (C=O) groups is 1. The first-order valence-electron chi connectivity index (χ1n) is 7.50. The van der Waals surface area contributed by atoms with Crippen molar-refractivity contribution < 1.29 is 14.3 Å². The number of benzene rings is 2. The summed E-state index contributed by atoms with van der Waals surface area (Å²) in [5.41, 5.74) is 1.40. The van der Waals surface area contributed by atoms with Crippen LogP contribution in [0.3, 0.4) is 0 Å². The Hall–Kier alpha value is -2.14. The van der Waals surface area contributed by atoms with Gasteiger partial charge in [0.25, 0.3) is 5.91 Å². The highest BCUT2D eigenvalue weighted by Gasteiger charge is 2.19. The van der Waals surface area contributed by atoms with Crippen molar-refractivity contribution in [2.75, 3.05) is 20.8 Å². The number of methoxy groups -OCH3 is 2. The number of halogens is 1. The molecular weight excluding hydrogens is 326 g/mol. The summed E-state index contributed by atoms with van der Waals surface area (Å²) >= 11 is 6.39. The maximum absolute atomic E-state index is 12.8. The first kappa shape index (κ1) is 18.2. The van der Waals surface area contributed by atoms with E-state index in [2.05, 4.69) is 0 Å². The standard InChI is InChI=1S/C19H20ClNO3/c1-23-18(24-2)14-21(19(22)16-11-7-4-8-12-16)13-17(20)15-9-5-3-6-10-15/h3-13,18H,14H2,1-2H3/b17-13-. The van der Waals surface area contributed by atoms with Gasteiger partial charge in [-0.1, -0.05) is 60.1 Å². The molecule has 126 valence electrons. The number of amides is 1. The number of hydrogen-bond donors (Lipinski definition) is 0. The highest BCUT2D eigenvalue weighted by Crippen LogP contribution is 2.20. The molecule has 0 radical (unpaired) electrons. The smallest absolute Gasteiger partial charge is 0.258 e. The van der Waals surface area contributed by atoms with Gasteiger partial charge in [-0.05, 0) is 17.7 Å². The molecule has 2 aromatic rings. The van der Waals surface area contributed by atoms with E-state index in [4.69, 9.17) is 21.1 Å². The summed E-state index contributed by atoms with van der Waals surface area (Å²) in [5.74, 6) is -0.177. The normalized spacial score (nSPS) is 11.6. The molecule has 1 amide bonds. The summed E-state index contributed by atoms with van der Waals surface area (Å²) in [4.78, 5) is 14.3. The third kappa shape index (κ3) is 4.93. The van der Waals surface area contributed by atoms with E-state index in [0.717, 1.165) is 5.56 Å². The molecule has 0 atom stereocenters. The third-order valence-corrected chi connectivity index (χ3v) is 3.79. The third-order valence-electron chi connectivity index (χ3n) is 3.47. The second kappa shape index (κ2) is 9.23. The van der Waals surface area contributed by atoms with Gasteiger partial charge < -0.3 is 14.4 Å². The van der Waals surface area contributed by atoms with Gasteiger partial charge in [0.1, 0.15) is 0 Å². The van der Waals surface area contributed by atoms with Crippen LogP contribution in [0.4, 0.5) is 0 Å². The van der Waals surface area contributed by atoms with Crippen molar-refractivity contribution in [3.63, 3.8) is 0 Å². The summed E-state index contributed by atoms with van der Waals surface area (Å²) in [6.07, 6.45) is 1.06. The fourth-order valence-electron chi connectivity index (χ4n) is 2.16. The molecule has 0 spiro atoms. The first-order chi connectivity index (χ1) is 11.7. The Bertz CT molecular complexity index is 670. The number of carbonyl (C=O) groups excluding carboxylic acids is 1. The molecule has 0 aliphatic heterocycles. The molecular formula is C19H20ClNO3. The zero-order valence-electron chi connectivity index (χ0n) is 13.7. The van der Waals surface area contributed by atoms with Crippen molar-refractivity contribution in [3.8, 4) is 0 Å². The van der Waals surface area contributed by atoms with Crippen molar-refractivity contribution in [1.29, 1.82) is 0 Å². The number of ether oxygens (including phenoxy) is 2. The summed E-state index contributed by atoms with van der Waals surface area (Å²) in [7, 11) is 3.06. The molecule has 0 bridgehead atoms. The fraction of sp³-hybridized carbons (Fsp3) is 0.211. The molecule has 0 heterocycles. The molecule has 0 aliphatic carbocycles. The van der Waals surface area contributed by atoms with E-state index in [9.17, 15) is 4.79 Å². The molecule has 0 saturated carbocycles. The maximum atomic E-state index is 12.8. The zero-order chi connectivity index (χ0) is 17.4. The number of hydrogen-bond acceptors (Lipinski definition) is 3. The average molecular weight is 346 g/mol.